The fourth-order valence-electron chi connectivity index (χ4n) is 6.05. The molecule has 148 valence electrons. The first kappa shape index (κ1) is 18.4. The molecule has 0 aromatic heterocycles. The third-order valence-corrected chi connectivity index (χ3v) is 7.58. The van der Waals surface area contributed by atoms with Gasteiger partial charge in [0.1, 0.15) is 0 Å². The van der Waals surface area contributed by atoms with Crippen LogP contribution in [0, 0.1) is 20.9 Å². The zero-order chi connectivity index (χ0) is 20.7. The summed E-state index contributed by atoms with van der Waals surface area (Å²) in [5.41, 5.74) is 10.9. The van der Waals surface area contributed by atoms with Crippen LogP contribution in [0.15, 0.2) is 47.5 Å². The first-order valence-electron chi connectivity index (χ1n) is 10.5. The highest BCUT2D eigenvalue weighted by atomic mass is 16.6. The molecule has 0 saturated carbocycles. The summed E-state index contributed by atoms with van der Waals surface area (Å²) in [5, 5.41) is 11.4. The Morgan fingerprint density at radius 2 is 1.86 bits per heavy atom. The van der Waals surface area contributed by atoms with E-state index in [1.165, 1.54) is 33.4 Å². The number of allylic oxidation sites excluding steroid dienone is 3. The van der Waals surface area contributed by atoms with E-state index in [9.17, 15) is 10.1 Å². The second-order valence-corrected chi connectivity index (χ2v) is 9.83. The van der Waals surface area contributed by atoms with Crippen molar-refractivity contribution in [3.05, 3.63) is 85.5 Å². The summed E-state index contributed by atoms with van der Waals surface area (Å²) < 4.78 is 0. The summed E-state index contributed by atoms with van der Waals surface area (Å²) >= 11 is 0. The first-order chi connectivity index (χ1) is 13.7. The Kier molecular flexibility index (Phi) is 3.60. The molecular formula is C26H27NO2. The van der Waals surface area contributed by atoms with Gasteiger partial charge in [0.25, 0.3) is 5.69 Å². The second kappa shape index (κ2) is 5.69. The molecule has 0 aliphatic heterocycles. The highest BCUT2D eigenvalue weighted by Gasteiger charge is 2.54. The third kappa shape index (κ3) is 2.30. The van der Waals surface area contributed by atoms with E-state index in [0.717, 1.165) is 24.0 Å². The number of non-ortho nitro benzene ring substituents is 1. The number of fused-ring (bicyclic) bond motifs is 5. The zero-order valence-corrected chi connectivity index (χ0v) is 17.8. The maximum absolute atomic E-state index is 11.4. The van der Waals surface area contributed by atoms with Crippen molar-refractivity contribution in [1.82, 2.24) is 0 Å². The van der Waals surface area contributed by atoms with Gasteiger partial charge in [0.05, 0.1) is 4.92 Å². The molecule has 1 atom stereocenters. The van der Waals surface area contributed by atoms with Crippen molar-refractivity contribution in [1.29, 1.82) is 0 Å². The molecule has 2 aromatic rings. The van der Waals surface area contributed by atoms with Crippen LogP contribution in [0.1, 0.15) is 68.4 Å². The molecule has 29 heavy (non-hydrogen) atoms. The molecule has 0 amide bonds. The molecule has 3 nitrogen and oxygen atoms in total. The van der Waals surface area contributed by atoms with Crippen molar-refractivity contribution in [2.24, 2.45) is 10.8 Å². The van der Waals surface area contributed by atoms with Crippen LogP contribution in [-0.2, 0) is 12.8 Å². The maximum atomic E-state index is 11.4. The van der Waals surface area contributed by atoms with Gasteiger partial charge >= 0.3 is 0 Å². The summed E-state index contributed by atoms with van der Waals surface area (Å²) in [5.74, 6) is 0.186. The zero-order valence-electron chi connectivity index (χ0n) is 17.8. The lowest BCUT2D eigenvalue weighted by atomic mass is 9.55. The van der Waals surface area contributed by atoms with Crippen LogP contribution in [0.3, 0.4) is 0 Å². The number of nitro benzene ring substituents is 1. The molecule has 0 fully saturated rings. The Bertz CT molecular complexity index is 1150. The standard InChI is InChI=1S/C26H27NO2/c1-6-15-7-8-16-12-21-23(19(16)11-15)25(2,3)22-13-17-9-10-18(27(28)29)14-20(17)24(22)26(21,4)5/h7-11,13-14,24H,6,12H2,1-5H3. The van der Waals surface area contributed by atoms with Crippen molar-refractivity contribution in [3.63, 3.8) is 0 Å². The molecule has 0 saturated heterocycles. The van der Waals surface area contributed by atoms with Crippen LogP contribution in [0.25, 0.3) is 11.6 Å². The van der Waals surface area contributed by atoms with Gasteiger partial charge in [-0.2, -0.15) is 0 Å². The van der Waals surface area contributed by atoms with Gasteiger partial charge in [-0.25, -0.2) is 0 Å². The SMILES string of the molecule is CCc1ccc2c(c1)C1=C(C2)C(C)(C)C2C(=Cc3ccc([N+](=O)[O-])cc32)C1(C)C. The molecule has 5 rings (SSSR count). The molecule has 0 radical (unpaired) electrons. The molecular weight excluding hydrogens is 358 g/mol. The normalized spacial score (nSPS) is 22.5. The van der Waals surface area contributed by atoms with Gasteiger partial charge in [-0.15, -0.1) is 0 Å². The van der Waals surface area contributed by atoms with E-state index in [1.807, 2.05) is 12.1 Å². The average Bonchev–Trinajstić information content (AvgIpc) is 3.26. The van der Waals surface area contributed by atoms with Gasteiger partial charge in [0, 0.05) is 23.5 Å². The molecule has 3 aliphatic rings. The molecule has 0 heterocycles. The molecule has 3 aliphatic carbocycles. The lowest BCUT2D eigenvalue weighted by Gasteiger charge is -2.48. The molecule has 0 bridgehead atoms. The Balaban J connectivity index is 1.75. The lowest BCUT2D eigenvalue weighted by molar-refractivity contribution is -0.384. The van der Waals surface area contributed by atoms with Crippen molar-refractivity contribution >= 4 is 17.3 Å². The van der Waals surface area contributed by atoms with Crippen LogP contribution in [0.5, 0.6) is 0 Å². The third-order valence-electron chi connectivity index (χ3n) is 7.58. The molecule has 0 N–H and O–H groups in total. The first-order valence-corrected chi connectivity index (χ1v) is 10.5. The number of rotatable bonds is 2. The van der Waals surface area contributed by atoms with Gasteiger partial charge in [-0.3, -0.25) is 10.1 Å². The summed E-state index contributed by atoms with van der Waals surface area (Å²) in [6, 6.07) is 12.3. The molecule has 0 spiro atoms. The molecule has 1 unspecified atom stereocenters. The van der Waals surface area contributed by atoms with E-state index in [0.29, 0.717) is 0 Å². The number of benzene rings is 2. The van der Waals surface area contributed by atoms with E-state index in [1.54, 1.807) is 6.07 Å². The van der Waals surface area contributed by atoms with E-state index < -0.39 is 0 Å². The predicted octanol–water partition coefficient (Wildman–Crippen LogP) is 6.71. The van der Waals surface area contributed by atoms with Crippen molar-refractivity contribution < 1.29 is 4.92 Å². The maximum Gasteiger partial charge on any atom is 0.269 e. The van der Waals surface area contributed by atoms with Crippen LogP contribution in [0.2, 0.25) is 0 Å². The quantitative estimate of drug-likeness (QED) is 0.426. The minimum atomic E-state index is -0.276. The number of hydrogen-bond donors (Lipinski definition) is 0. The van der Waals surface area contributed by atoms with Gasteiger partial charge < -0.3 is 0 Å². The number of hydrogen-bond acceptors (Lipinski definition) is 2. The Hall–Kier alpha value is -2.68. The minimum Gasteiger partial charge on any atom is -0.258 e. The van der Waals surface area contributed by atoms with Crippen molar-refractivity contribution in [2.75, 3.05) is 0 Å². The van der Waals surface area contributed by atoms with Gasteiger partial charge in [0.2, 0.25) is 0 Å². The smallest absolute Gasteiger partial charge is 0.258 e. The lowest BCUT2D eigenvalue weighted by Crippen LogP contribution is -2.36. The minimum absolute atomic E-state index is 0.0808. The van der Waals surface area contributed by atoms with E-state index in [4.69, 9.17) is 0 Å². The van der Waals surface area contributed by atoms with E-state index >= 15 is 0 Å². The Morgan fingerprint density at radius 3 is 2.55 bits per heavy atom. The highest BCUT2D eigenvalue weighted by molar-refractivity contribution is 5.89. The monoisotopic (exact) mass is 385 g/mol. The Labute approximate surface area is 172 Å². The predicted molar refractivity (Wildman–Crippen MR) is 118 cm³/mol. The summed E-state index contributed by atoms with van der Waals surface area (Å²) in [7, 11) is 0. The van der Waals surface area contributed by atoms with E-state index in [-0.39, 0.29) is 27.4 Å². The van der Waals surface area contributed by atoms with Crippen LogP contribution in [-0.4, -0.2) is 4.92 Å². The Morgan fingerprint density at radius 1 is 1.10 bits per heavy atom. The largest absolute Gasteiger partial charge is 0.269 e. The second-order valence-electron chi connectivity index (χ2n) is 9.83. The summed E-state index contributed by atoms with van der Waals surface area (Å²) in [6.07, 6.45) is 4.33. The van der Waals surface area contributed by atoms with Gasteiger partial charge in [0.15, 0.2) is 0 Å². The van der Waals surface area contributed by atoms with Crippen molar-refractivity contribution in [3.8, 4) is 0 Å². The van der Waals surface area contributed by atoms with Crippen LogP contribution < -0.4 is 0 Å². The van der Waals surface area contributed by atoms with E-state index in [2.05, 4.69) is 58.9 Å². The number of nitro groups is 1. The van der Waals surface area contributed by atoms with Crippen molar-refractivity contribution in [2.45, 2.75) is 53.4 Å². The fourth-order valence-corrected chi connectivity index (χ4v) is 6.05. The number of aryl methyl sites for hydroxylation is 1. The highest BCUT2D eigenvalue weighted by Crippen LogP contribution is 2.67. The summed E-state index contributed by atoms with van der Waals surface area (Å²) in [4.78, 5) is 11.1. The van der Waals surface area contributed by atoms with Crippen LogP contribution >= 0.6 is 0 Å². The topological polar surface area (TPSA) is 43.1 Å². The van der Waals surface area contributed by atoms with Gasteiger partial charge in [-0.05, 0) is 57.7 Å². The molecule has 2 aromatic carbocycles. The summed E-state index contributed by atoms with van der Waals surface area (Å²) in [6.45, 7) is 11.5. The fraction of sp³-hybridized carbons (Fsp3) is 0.385. The number of nitrogens with zero attached hydrogens (tertiary/aromatic N) is 1. The average molecular weight is 386 g/mol. The van der Waals surface area contributed by atoms with Crippen LogP contribution in [0.4, 0.5) is 5.69 Å². The molecule has 3 heteroatoms. The van der Waals surface area contributed by atoms with Gasteiger partial charge in [-0.1, -0.05) is 70.0 Å².